The van der Waals surface area contributed by atoms with E-state index in [1.165, 1.54) is 18.3 Å². The smallest absolute Gasteiger partial charge is 0.271 e. The molecule has 3 N–H and O–H groups in total. The topological polar surface area (TPSA) is 116 Å². The molecule has 0 amide bonds. The molecule has 2 aromatic rings. The molecule has 1 heterocycles. The normalized spacial score (nSPS) is 10.2. The van der Waals surface area contributed by atoms with Gasteiger partial charge in [-0.1, -0.05) is 23.2 Å². The molecule has 0 unspecified atom stereocenters. The van der Waals surface area contributed by atoms with Crippen LogP contribution in [-0.2, 0) is 0 Å². The van der Waals surface area contributed by atoms with Gasteiger partial charge in [0.1, 0.15) is 10.8 Å². The molecule has 10 heteroatoms. The number of hydrogen-bond donors (Lipinski definition) is 2. The van der Waals surface area contributed by atoms with Gasteiger partial charge in [-0.15, -0.1) is 0 Å². The van der Waals surface area contributed by atoms with E-state index in [1.807, 2.05) is 0 Å². The molecule has 0 atom stereocenters. The lowest BCUT2D eigenvalue weighted by atomic mass is 10.3. The first-order valence-corrected chi connectivity index (χ1v) is 5.88. The summed E-state index contributed by atoms with van der Waals surface area (Å²) in [5.74, 6) is 5.46. The largest absolute Gasteiger partial charge is 0.436 e. The van der Waals surface area contributed by atoms with Crippen LogP contribution in [0.1, 0.15) is 0 Å². The Kier molecular flexibility index (Phi) is 4.18. The van der Waals surface area contributed by atoms with Crippen molar-refractivity contribution in [2.24, 2.45) is 5.84 Å². The molecule has 0 saturated carbocycles. The quantitative estimate of drug-likeness (QED) is 0.506. The number of nitrogens with one attached hydrogen (secondary N) is 1. The van der Waals surface area contributed by atoms with Crippen LogP contribution in [0.4, 0.5) is 11.6 Å². The Morgan fingerprint density at radius 3 is 2.70 bits per heavy atom. The van der Waals surface area contributed by atoms with E-state index >= 15 is 0 Å². The summed E-state index contributed by atoms with van der Waals surface area (Å²) in [6.07, 6.45) is 1.29. The number of halogens is 2. The van der Waals surface area contributed by atoms with Crippen LogP contribution in [0, 0.1) is 10.1 Å². The summed E-state index contributed by atoms with van der Waals surface area (Å²) in [5, 5.41) is 10.8. The number of benzene rings is 1. The highest BCUT2D eigenvalue weighted by molar-refractivity contribution is 6.32. The van der Waals surface area contributed by atoms with E-state index in [9.17, 15) is 10.1 Å². The maximum absolute atomic E-state index is 10.6. The molecular formula is C10H7Cl2N5O3. The lowest BCUT2D eigenvalue weighted by Crippen LogP contribution is -2.10. The van der Waals surface area contributed by atoms with Gasteiger partial charge in [-0.05, 0) is 6.07 Å². The molecule has 20 heavy (non-hydrogen) atoms. The van der Waals surface area contributed by atoms with Crippen molar-refractivity contribution in [2.75, 3.05) is 5.43 Å². The minimum Gasteiger partial charge on any atom is -0.436 e. The van der Waals surface area contributed by atoms with Gasteiger partial charge in [0.15, 0.2) is 0 Å². The second-order valence-corrected chi connectivity index (χ2v) is 4.28. The van der Waals surface area contributed by atoms with Crippen molar-refractivity contribution in [2.45, 2.75) is 0 Å². The number of aromatic nitrogens is 2. The highest BCUT2D eigenvalue weighted by atomic mass is 35.5. The molecule has 0 fully saturated rings. The van der Waals surface area contributed by atoms with Gasteiger partial charge >= 0.3 is 0 Å². The molecule has 104 valence electrons. The van der Waals surface area contributed by atoms with Crippen LogP contribution in [0.5, 0.6) is 11.6 Å². The van der Waals surface area contributed by atoms with Crippen LogP contribution >= 0.6 is 23.2 Å². The number of non-ortho nitro benzene ring substituents is 1. The van der Waals surface area contributed by atoms with Crippen molar-refractivity contribution in [3.05, 3.63) is 44.6 Å². The van der Waals surface area contributed by atoms with Crippen molar-refractivity contribution in [1.82, 2.24) is 9.97 Å². The van der Waals surface area contributed by atoms with Gasteiger partial charge < -0.3 is 4.74 Å². The number of nitrogen functional groups attached to an aromatic ring is 1. The van der Waals surface area contributed by atoms with E-state index in [4.69, 9.17) is 33.8 Å². The Morgan fingerprint density at radius 1 is 1.35 bits per heavy atom. The van der Waals surface area contributed by atoms with Gasteiger partial charge in [0.05, 0.1) is 16.1 Å². The number of nitro benzene ring substituents is 1. The molecule has 0 radical (unpaired) electrons. The summed E-state index contributed by atoms with van der Waals surface area (Å²) >= 11 is 11.8. The number of hydrazine groups is 1. The van der Waals surface area contributed by atoms with Crippen LogP contribution in [0.2, 0.25) is 10.0 Å². The molecule has 0 spiro atoms. The second-order valence-electron chi connectivity index (χ2n) is 3.46. The lowest BCUT2D eigenvalue weighted by molar-refractivity contribution is -0.384. The lowest BCUT2D eigenvalue weighted by Gasteiger charge is -2.08. The van der Waals surface area contributed by atoms with E-state index in [2.05, 4.69) is 15.4 Å². The number of hydrogen-bond acceptors (Lipinski definition) is 7. The van der Waals surface area contributed by atoms with E-state index in [0.717, 1.165) is 6.07 Å². The maximum atomic E-state index is 10.6. The summed E-state index contributed by atoms with van der Waals surface area (Å²) in [4.78, 5) is 17.7. The van der Waals surface area contributed by atoms with Crippen molar-refractivity contribution in [3.8, 4) is 11.6 Å². The molecule has 0 bridgehead atoms. The number of nitrogens with zero attached hydrogens (tertiary/aromatic N) is 3. The molecular weight excluding hydrogens is 309 g/mol. The van der Waals surface area contributed by atoms with Gasteiger partial charge in [-0.2, -0.15) is 4.98 Å². The highest BCUT2D eigenvalue weighted by Gasteiger charge is 2.13. The standard InChI is InChI=1S/C10H7Cl2N5O3/c11-6-3-5(17(18)19)1-2-8(6)20-9-7(12)4-14-10(15-9)16-13/h1-4H,13H2,(H,14,15,16). The Labute approximate surface area is 122 Å². The van der Waals surface area contributed by atoms with Crippen LogP contribution in [0.25, 0.3) is 0 Å². The fraction of sp³-hybridized carbons (Fsp3) is 0. The summed E-state index contributed by atoms with van der Waals surface area (Å²) in [6, 6.07) is 3.75. The van der Waals surface area contributed by atoms with Crippen molar-refractivity contribution >= 4 is 34.8 Å². The molecule has 1 aromatic heterocycles. The number of nitro groups is 1. The van der Waals surface area contributed by atoms with Gasteiger partial charge in [0.25, 0.3) is 5.69 Å². The van der Waals surface area contributed by atoms with Gasteiger partial charge in [0, 0.05) is 12.1 Å². The van der Waals surface area contributed by atoms with Gasteiger partial charge in [-0.25, -0.2) is 10.8 Å². The highest BCUT2D eigenvalue weighted by Crippen LogP contribution is 2.34. The molecule has 0 aliphatic heterocycles. The fourth-order valence-electron chi connectivity index (χ4n) is 1.28. The molecule has 2 rings (SSSR count). The van der Waals surface area contributed by atoms with Crippen LogP contribution in [-0.4, -0.2) is 14.9 Å². The van der Waals surface area contributed by atoms with E-state index < -0.39 is 4.92 Å². The second kappa shape index (κ2) is 5.87. The Hall–Kier alpha value is -2.16. The zero-order valence-corrected chi connectivity index (χ0v) is 11.2. The summed E-state index contributed by atoms with van der Waals surface area (Å²) in [5.41, 5.74) is 2.08. The van der Waals surface area contributed by atoms with Gasteiger partial charge in [0.2, 0.25) is 11.8 Å². The monoisotopic (exact) mass is 315 g/mol. The molecule has 0 aliphatic rings. The van der Waals surface area contributed by atoms with Crippen LogP contribution in [0.3, 0.4) is 0 Å². The average Bonchev–Trinajstić information content (AvgIpc) is 2.43. The zero-order valence-electron chi connectivity index (χ0n) is 9.71. The Morgan fingerprint density at radius 2 is 2.10 bits per heavy atom. The Balaban J connectivity index is 2.32. The van der Waals surface area contributed by atoms with Gasteiger partial charge in [-0.3, -0.25) is 15.5 Å². The number of ether oxygens (including phenoxy) is 1. The van der Waals surface area contributed by atoms with E-state index in [-0.39, 0.29) is 33.3 Å². The SMILES string of the molecule is NNc1ncc(Cl)c(Oc2ccc([N+](=O)[O-])cc2Cl)n1. The predicted molar refractivity (Wildman–Crippen MR) is 73.0 cm³/mol. The average molecular weight is 316 g/mol. The summed E-state index contributed by atoms with van der Waals surface area (Å²) in [7, 11) is 0. The predicted octanol–water partition coefficient (Wildman–Crippen LogP) is 2.77. The summed E-state index contributed by atoms with van der Waals surface area (Å²) in [6.45, 7) is 0. The number of rotatable bonds is 4. The fourth-order valence-corrected chi connectivity index (χ4v) is 1.63. The van der Waals surface area contributed by atoms with Crippen molar-refractivity contribution in [1.29, 1.82) is 0 Å². The number of nitrogens with two attached hydrogens (primary N) is 1. The minimum atomic E-state index is -0.566. The summed E-state index contributed by atoms with van der Waals surface area (Å²) < 4.78 is 5.38. The third-order valence-electron chi connectivity index (χ3n) is 2.17. The first-order valence-electron chi connectivity index (χ1n) is 5.12. The maximum Gasteiger partial charge on any atom is 0.271 e. The first-order chi connectivity index (χ1) is 9.51. The molecule has 0 aliphatic carbocycles. The molecule has 0 saturated heterocycles. The van der Waals surface area contributed by atoms with E-state index in [0.29, 0.717) is 0 Å². The van der Waals surface area contributed by atoms with Crippen LogP contribution < -0.4 is 16.0 Å². The third kappa shape index (κ3) is 3.05. The van der Waals surface area contributed by atoms with Crippen molar-refractivity contribution in [3.63, 3.8) is 0 Å². The third-order valence-corrected chi connectivity index (χ3v) is 2.73. The number of anilines is 1. The first kappa shape index (κ1) is 14.3. The van der Waals surface area contributed by atoms with Crippen LogP contribution in [0.15, 0.2) is 24.4 Å². The Bertz CT molecular complexity index is 667. The van der Waals surface area contributed by atoms with E-state index in [1.54, 1.807) is 0 Å². The molecule has 1 aromatic carbocycles. The van der Waals surface area contributed by atoms with Crippen molar-refractivity contribution < 1.29 is 9.66 Å². The zero-order chi connectivity index (χ0) is 14.7. The molecule has 8 nitrogen and oxygen atoms in total. The minimum absolute atomic E-state index is 0.0189.